The van der Waals surface area contributed by atoms with E-state index in [0.29, 0.717) is 0 Å². The molecule has 0 aliphatic heterocycles. The summed E-state index contributed by atoms with van der Waals surface area (Å²) in [4.78, 5) is 20.7. The third-order valence-corrected chi connectivity index (χ3v) is 2.35. The maximum absolute atomic E-state index is 10.4. The molecule has 60 valence electrons. The van der Waals surface area contributed by atoms with Crippen LogP contribution in [-0.4, -0.2) is 15.1 Å². The fourth-order valence-electron chi connectivity index (χ4n) is 0.138. The Labute approximate surface area is 80.9 Å². The standard InChI is InChI=1S/C4H5ClO2S2.ClH/c1-2(6)4(8,9)3(5)7;/h8-9H,1H3;1H. The topological polar surface area (TPSA) is 34.1 Å². The van der Waals surface area contributed by atoms with Crippen molar-refractivity contribution < 1.29 is 9.59 Å². The lowest BCUT2D eigenvalue weighted by molar-refractivity contribution is -0.122. The quantitative estimate of drug-likeness (QED) is 0.319. The second-order valence-electron chi connectivity index (χ2n) is 1.50. The van der Waals surface area contributed by atoms with Crippen LogP contribution in [0, 0.1) is 0 Å². The van der Waals surface area contributed by atoms with Gasteiger partial charge < -0.3 is 0 Å². The van der Waals surface area contributed by atoms with Crippen molar-refractivity contribution >= 4 is 60.3 Å². The van der Waals surface area contributed by atoms with E-state index in [2.05, 4.69) is 25.3 Å². The Morgan fingerprint density at radius 2 is 1.70 bits per heavy atom. The maximum Gasteiger partial charge on any atom is 0.254 e. The largest absolute Gasteiger partial charge is 0.297 e. The Balaban J connectivity index is 0. The van der Waals surface area contributed by atoms with Crippen molar-refractivity contribution in [1.29, 1.82) is 0 Å². The molecule has 0 aromatic heterocycles. The highest BCUT2D eigenvalue weighted by molar-refractivity contribution is 8.03. The summed E-state index contributed by atoms with van der Waals surface area (Å²) in [7, 11) is 0. The lowest BCUT2D eigenvalue weighted by Gasteiger charge is -2.11. The fraction of sp³-hybridized carbons (Fsp3) is 0.500. The highest BCUT2D eigenvalue weighted by atomic mass is 35.5. The number of ketones is 1. The number of rotatable bonds is 2. The molecule has 0 radical (unpaired) electrons. The predicted octanol–water partition coefficient (Wildman–Crippen LogP) is 1.32. The van der Waals surface area contributed by atoms with Gasteiger partial charge in [-0.2, -0.15) is 0 Å². The van der Waals surface area contributed by atoms with Crippen LogP contribution < -0.4 is 0 Å². The third-order valence-electron chi connectivity index (χ3n) is 0.765. The molecule has 0 saturated heterocycles. The van der Waals surface area contributed by atoms with Crippen LogP contribution in [0.15, 0.2) is 0 Å². The zero-order valence-electron chi connectivity index (χ0n) is 5.00. The average molecular weight is 221 g/mol. The Bertz CT molecular complexity index is 141. The van der Waals surface area contributed by atoms with Gasteiger partial charge in [-0.05, 0) is 18.5 Å². The first kappa shape index (κ1) is 13.2. The fourth-order valence-corrected chi connectivity index (χ4v) is 0.271. The molecule has 0 N–H and O–H groups in total. The number of hydrogen-bond acceptors (Lipinski definition) is 4. The first-order valence-electron chi connectivity index (χ1n) is 2.04. The molecular weight excluding hydrogens is 215 g/mol. The minimum Gasteiger partial charge on any atom is -0.297 e. The van der Waals surface area contributed by atoms with E-state index in [0.717, 1.165) is 0 Å². The number of hydrogen-bond donors (Lipinski definition) is 2. The minimum atomic E-state index is -1.62. The second-order valence-corrected chi connectivity index (χ2v) is 3.54. The van der Waals surface area contributed by atoms with Crippen LogP contribution in [0.25, 0.3) is 0 Å². The number of carbonyl (C=O) groups excluding carboxylic acids is 2. The highest BCUT2D eigenvalue weighted by Crippen LogP contribution is 2.23. The summed E-state index contributed by atoms with van der Waals surface area (Å²) in [5.41, 5.74) is 0. The van der Waals surface area contributed by atoms with Crippen LogP contribution in [0.2, 0.25) is 0 Å². The SMILES string of the molecule is CC(=O)C(S)(S)C(=O)Cl.Cl. The van der Waals surface area contributed by atoms with E-state index in [4.69, 9.17) is 11.6 Å². The van der Waals surface area contributed by atoms with Crippen molar-refractivity contribution in [2.45, 2.75) is 11.0 Å². The van der Waals surface area contributed by atoms with Gasteiger partial charge in [0.1, 0.15) is 0 Å². The summed E-state index contributed by atoms with van der Waals surface area (Å²) in [6, 6.07) is 0. The van der Waals surface area contributed by atoms with Gasteiger partial charge in [0.15, 0.2) is 9.86 Å². The lowest BCUT2D eigenvalue weighted by Crippen LogP contribution is -2.30. The third kappa shape index (κ3) is 3.14. The van der Waals surface area contributed by atoms with Gasteiger partial charge in [0.05, 0.1) is 0 Å². The smallest absolute Gasteiger partial charge is 0.254 e. The first-order chi connectivity index (χ1) is 3.89. The molecule has 0 atom stereocenters. The van der Waals surface area contributed by atoms with Crippen molar-refractivity contribution in [3.8, 4) is 0 Å². The summed E-state index contributed by atoms with van der Waals surface area (Å²) in [6.07, 6.45) is 0. The van der Waals surface area contributed by atoms with Crippen LogP contribution in [0.3, 0.4) is 0 Å². The molecule has 10 heavy (non-hydrogen) atoms. The van der Waals surface area contributed by atoms with Gasteiger partial charge >= 0.3 is 0 Å². The van der Waals surface area contributed by atoms with Crippen molar-refractivity contribution in [3.05, 3.63) is 0 Å². The Hall–Kier alpha value is 0.620. The molecule has 0 amide bonds. The molecule has 0 fully saturated rings. The van der Waals surface area contributed by atoms with Crippen molar-refractivity contribution in [2.24, 2.45) is 0 Å². The number of Topliss-reactive ketones (excluding diaryl/α,β-unsaturated/α-hetero) is 1. The van der Waals surface area contributed by atoms with E-state index in [9.17, 15) is 9.59 Å². The molecule has 0 aromatic rings. The molecule has 0 bridgehead atoms. The van der Waals surface area contributed by atoms with Gasteiger partial charge in [0.2, 0.25) is 0 Å². The molecule has 0 aliphatic carbocycles. The Morgan fingerprint density at radius 3 is 1.70 bits per heavy atom. The Kier molecular flexibility index (Phi) is 5.94. The molecule has 0 rings (SSSR count). The van der Waals surface area contributed by atoms with E-state index in [1.807, 2.05) is 0 Å². The average Bonchev–Trinajstić information content (AvgIpc) is 1.65. The van der Waals surface area contributed by atoms with Crippen molar-refractivity contribution in [2.75, 3.05) is 0 Å². The predicted molar refractivity (Wildman–Crippen MR) is 49.5 cm³/mol. The van der Waals surface area contributed by atoms with Gasteiger partial charge in [-0.3, -0.25) is 9.59 Å². The normalized spacial score (nSPS) is 10.0. The summed E-state index contributed by atoms with van der Waals surface area (Å²) in [6.45, 7) is 1.19. The highest BCUT2D eigenvalue weighted by Gasteiger charge is 2.33. The van der Waals surface area contributed by atoms with Crippen LogP contribution in [-0.2, 0) is 9.59 Å². The van der Waals surface area contributed by atoms with Gasteiger partial charge in [-0.15, -0.1) is 37.7 Å². The second kappa shape index (κ2) is 4.49. The zero-order chi connectivity index (χ0) is 7.65. The van der Waals surface area contributed by atoms with Gasteiger partial charge in [-0.1, -0.05) is 0 Å². The maximum atomic E-state index is 10.4. The molecule has 0 aromatic carbocycles. The van der Waals surface area contributed by atoms with Crippen LogP contribution in [0.4, 0.5) is 0 Å². The first-order valence-corrected chi connectivity index (χ1v) is 3.32. The van der Waals surface area contributed by atoms with Crippen molar-refractivity contribution in [1.82, 2.24) is 0 Å². The van der Waals surface area contributed by atoms with E-state index in [1.54, 1.807) is 0 Å². The summed E-state index contributed by atoms with van der Waals surface area (Å²) in [5.74, 6) is -0.478. The summed E-state index contributed by atoms with van der Waals surface area (Å²) >= 11 is 12.2. The molecule has 0 saturated carbocycles. The lowest BCUT2D eigenvalue weighted by atomic mass is 10.3. The molecule has 0 heterocycles. The van der Waals surface area contributed by atoms with E-state index in [-0.39, 0.29) is 12.4 Å². The number of carbonyl (C=O) groups is 2. The van der Waals surface area contributed by atoms with Crippen LogP contribution in [0.1, 0.15) is 6.92 Å². The number of thiol groups is 2. The number of halogens is 2. The molecule has 0 spiro atoms. The van der Waals surface area contributed by atoms with E-state index < -0.39 is 15.1 Å². The van der Waals surface area contributed by atoms with Gasteiger partial charge in [-0.25, -0.2) is 0 Å². The van der Waals surface area contributed by atoms with E-state index >= 15 is 0 Å². The summed E-state index contributed by atoms with van der Waals surface area (Å²) in [5, 5.41) is -0.873. The monoisotopic (exact) mass is 220 g/mol. The van der Waals surface area contributed by atoms with Crippen LogP contribution in [0.5, 0.6) is 0 Å². The molecule has 0 aliphatic rings. The van der Waals surface area contributed by atoms with E-state index in [1.165, 1.54) is 6.92 Å². The molecule has 0 unspecified atom stereocenters. The van der Waals surface area contributed by atoms with Crippen LogP contribution >= 0.6 is 49.3 Å². The molecule has 2 nitrogen and oxygen atoms in total. The molecular formula is C4H6Cl2O2S2. The van der Waals surface area contributed by atoms with Gasteiger partial charge in [0, 0.05) is 0 Å². The van der Waals surface area contributed by atoms with Crippen molar-refractivity contribution in [3.63, 3.8) is 0 Å². The molecule has 6 heteroatoms. The minimum absolute atomic E-state index is 0. The van der Waals surface area contributed by atoms with Gasteiger partial charge in [0.25, 0.3) is 5.24 Å². The zero-order valence-corrected chi connectivity index (χ0v) is 8.36. The Morgan fingerprint density at radius 1 is 1.40 bits per heavy atom. The summed E-state index contributed by atoms with van der Waals surface area (Å²) < 4.78 is -1.62.